The molecule has 0 aliphatic carbocycles. The summed E-state index contributed by atoms with van der Waals surface area (Å²) in [6.45, 7) is 5.93. The Labute approximate surface area is 190 Å². The van der Waals surface area contributed by atoms with Gasteiger partial charge in [0, 0.05) is 11.6 Å². The van der Waals surface area contributed by atoms with Gasteiger partial charge in [-0.3, -0.25) is 14.9 Å². The van der Waals surface area contributed by atoms with Crippen molar-refractivity contribution in [3.05, 3.63) is 76.1 Å². The third kappa shape index (κ3) is 4.52. The highest BCUT2D eigenvalue weighted by molar-refractivity contribution is 5.97. The molecule has 1 amide bonds. The number of fused-ring (bicyclic) bond motifs is 1. The number of aryl methyl sites for hydroxylation is 2. The van der Waals surface area contributed by atoms with Gasteiger partial charge in [-0.15, -0.1) is 0 Å². The van der Waals surface area contributed by atoms with Crippen LogP contribution in [0.15, 0.2) is 54.7 Å². The number of nitrogens with zero attached hydrogens (tertiary/aromatic N) is 4. The van der Waals surface area contributed by atoms with Crippen LogP contribution in [0.4, 0.5) is 11.4 Å². The summed E-state index contributed by atoms with van der Waals surface area (Å²) in [4.78, 5) is 28.1. The van der Waals surface area contributed by atoms with Gasteiger partial charge in [0.25, 0.3) is 5.69 Å². The molecule has 0 fully saturated rings. The van der Waals surface area contributed by atoms with E-state index in [-0.39, 0.29) is 17.9 Å². The van der Waals surface area contributed by atoms with E-state index < -0.39 is 10.8 Å². The zero-order chi connectivity index (χ0) is 23.5. The second kappa shape index (κ2) is 9.07. The van der Waals surface area contributed by atoms with Crippen molar-refractivity contribution in [1.29, 1.82) is 0 Å². The minimum Gasteiger partial charge on any atom is -0.494 e. The number of carbonyl (C=O) groups excluding carboxylic acids is 1. The van der Waals surface area contributed by atoms with Crippen molar-refractivity contribution in [2.24, 2.45) is 0 Å². The molecular weight excluding hydrogens is 422 g/mol. The maximum Gasteiger partial charge on any atom is 0.296 e. The van der Waals surface area contributed by atoms with Crippen LogP contribution >= 0.6 is 0 Å². The van der Waals surface area contributed by atoms with Crippen molar-refractivity contribution < 1.29 is 14.5 Å². The van der Waals surface area contributed by atoms with Crippen LogP contribution in [0.3, 0.4) is 0 Å². The van der Waals surface area contributed by atoms with Crippen LogP contribution in [0.2, 0.25) is 0 Å². The van der Waals surface area contributed by atoms with E-state index in [0.717, 1.165) is 27.8 Å². The third-order valence-electron chi connectivity index (χ3n) is 5.18. The van der Waals surface area contributed by atoms with E-state index in [0.29, 0.717) is 18.0 Å². The number of aromatic nitrogens is 3. The first-order valence-corrected chi connectivity index (χ1v) is 10.5. The number of hydrogen-bond acceptors (Lipinski definition) is 6. The maximum absolute atomic E-state index is 12.8. The fourth-order valence-corrected chi connectivity index (χ4v) is 3.80. The van der Waals surface area contributed by atoms with Gasteiger partial charge in [0.15, 0.2) is 5.65 Å². The minimum atomic E-state index is -0.554. The topological polar surface area (TPSA) is 112 Å². The Hall–Kier alpha value is -4.27. The number of benzene rings is 2. The van der Waals surface area contributed by atoms with Crippen LogP contribution in [0.5, 0.6) is 5.75 Å². The summed E-state index contributed by atoms with van der Waals surface area (Å²) in [6, 6.07) is 14.4. The number of nitro benzene ring substituents is 1. The van der Waals surface area contributed by atoms with E-state index in [1.54, 1.807) is 19.2 Å². The minimum absolute atomic E-state index is 0.0926. The van der Waals surface area contributed by atoms with Gasteiger partial charge >= 0.3 is 0 Å². The number of ether oxygens (including phenoxy) is 1. The van der Waals surface area contributed by atoms with Gasteiger partial charge in [0.2, 0.25) is 5.91 Å². The second-order valence-corrected chi connectivity index (χ2v) is 7.59. The number of hydrogen-bond donors (Lipinski definition) is 1. The Balaban J connectivity index is 1.63. The van der Waals surface area contributed by atoms with E-state index in [4.69, 9.17) is 4.74 Å². The van der Waals surface area contributed by atoms with Crippen molar-refractivity contribution in [2.45, 2.75) is 27.3 Å². The molecule has 4 rings (SSSR count). The molecule has 4 aromatic rings. The molecule has 2 aromatic heterocycles. The summed E-state index contributed by atoms with van der Waals surface area (Å²) in [6.07, 6.45) is 1.69. The fourth-order valence-electron chi connectivity index (χ4n) is 3.80. The maximum atomic E-state index is 12.8. The molecule has 0 aliphatic rings. The standard InChI is InChI=1S/C24H23N5O4/c1-4-33-18-8-9-20(21(13-18)29(31)32)26-22(30)14-28-24-23(16(3)27-28)19(10-11-25-24)17-7-5-6-15(2)12-17/h5-13H,4,14H2,1-3H3,(H,26,30). The van der Waals surface area contributed by atoms with E-state index >= 15 is 0 Å². The highest BCUT2D eigenvalue weighted by Gasteiger charge is 2.20. The molecule has 0 aliphatic heterocycles. The van der Waals surface area contributed by atoms with E-state index in [2.05, 4.69) is 21.5 Å². The molecule has 0 atom stereocenters. The number of nitro groups is 1. The molecule has 2 aromatic carbocycles. The van der Waals surface area contributed by atoms with Crippen molar-refractivity contribution in [1.82, 2.24) is 14.8 Å². The largest absolute Gasteiger partial charge is 0.494 e. The molecular formula is C24H23N5O4. The lowest BCUT2D eigenvalue weighted by molar-refractivity contribution is -0.384. The quantitative estimate of drug-likeness (QED) is 0.327. The van der Waals surface area contributed by atoms with Crippen molar-refractivity contribution in [3.8, 4) is 16.9 Å². The molecule has 0 radical (unpaired) electrons. The van der Waals surface area contributed by atoms with Crippen molar-refractivity contribution in [3.63, 3.8) is 0 Å². The van der Waals surface area contributed by atoms with Gasteiger partial charge in [-0.1, -0.05) is 29.8 Å². The van der Waals surface area contributed by atoms with Gasteiger partial charge < -0.3 is 10.1 Å². The van der Waals surface area contributed by atoms with Crippen molar-refractivity contribution >= 4 is 28.3 Å². The molecule has 0 bridgehead atoms. The lowest BCUT2D eigenvalue weighted by Crippen LogP contribution is -2.20. The molecule has 0 unspecified atom stereocenters. The Morgan fingerprint density at radius 2 is 2.00 bits per heavy atom. The molecule has 9 heteroatoms. The Bertz CT molecular complexity index is 1360. The fraction of sp³-hybridized carbons (Fsp3) is 0.208. The summed E-state index contributed by atoms with van der Waals surface area (Å²) >= 11 is 0. The molecule has 33 heavy (non-hydrogen) atoms. The van der Waals surface area contributed by atoms with Gasteiger partial charge in [-0.25, -0.2) is 9.67 Å². The zero-order valence-electron chi connectivity index (χ0n) is 18.5. The summed E-state index contributed by atoms with van der Waals surface area (Å²) in [7, 11) is 0. The number of carbonyl (C=O) groups is 1. The van der Waals surface area contributed by atoms with Crippen molar-refractivity contribution in [2.75, 3.05) is 11.9 Å². The summed E-state index contributed by atoms with van der Waals surface area (Å²) in [5.74, 6) is -0.0850. The van der Waals surface area contributed by atoms with Crippen LogP contribution in [0.25, 0.3) is 22.2 Å². The van der Waals surface area contributed by atoms with E-state index in [9.17, 15) is 14.9 Å². The number of amides is 1. The van der Waals surface area contributed by atoms with Gasteiger partial charge in [-0.05, 0) is 50.1 Å². The third-order valence-corrected chi connectivity index (χ3v) is 5.18. The van der Waals surface area contributed by atoms with Crippen LogP contribution in [0.1, 0.15) is 18.2 Å². The molecule has 2 heterocycles. The number of rotatable bonds is 7. The summed E-state index contributed by atoms with van der Waals surface area (Å²) in [5, 5.41) is 19.5. The molecule has 168 valence electrons. The summed E-state index contributed by atoms with van der Waals surface area (Å²) in [5.41, 5.74) is 4.33. The SMILES string of the molecule is CCOc1ccc(NC(=O)Cn2nc(C)c3c(-c4cccc(C)c4)ccnc32)c([N+](=O)[O-])c1. The monoisotopic (exact) mass is 445 g/mol. The van der Waals surface area contributed by atoms with Gasteiger partial charge in [0.1, 0.15) is 18.0 Å². The molecule has 0 saturated heterocycles. The van der Waals surface area contributed by atoms with Crippen LogP contribution < -0.4 is 10.1 Å². The Morgan fingerprint density at radius 3 is 2.73 bits per heavy atom. The highest BCUT2D eigenvalue weighted by Crippen LogP contribution is 2.31. The Morgan fingerprint density at radius 1 is 1.18 bits per heavy atom. The second-order valence-electron chi connectivity index (χ2n) is 7.59. The molecule has 1 N–H and O–H groups in total. The number of anilines is 1. The number of nitrogens with one attached hydrogen (secondary N) is 1. The van der Waals surface area contributed by atoms with Crippen LogP contribution in [0, 0.1) is 24.0 Å². The van der Waals surface area contributed by atoms with E-state index in [1.165, 1.54) is 16.8 Å². The van der Waals surface area contributed by atoms with Crippen LogP contribution in [-0.4, -0.2) is 32.2 Å². The van der Waals surface area contributed by atoms with Gasteiger partial charge in [-0.2, -0.15) is 5.10 Å². The smallest absolute Gasteiger partial charge is 0.296 e. The van der Waals surface area contributed by atoms with Gasteiger partial charge in [0.05, 0.1) is 23.3 Å². The first kappa shape index (κ1) is 21.9. The predicted molar refractivity (Wildman–Crippen MR) is 125 cm³/mol. The first-order valence-electron chi connectivity index (χ1n) is 10.5. The normalized spacial score (nSPS) is 10.9. The number of pyridine rings is 1. The molecule has 9 nitrogen and oxygen atoms in total. The van der Waals surface area contributed by atoms with E-state index in [1.807, 2.05) is 38.1 Å². The summed E-state index contributed by atoms with van der Waals surface area (Å²) < 4.78 is 6.83. The zero-order valence-corrected chi connectivity index (χ0v) is 18.5. The molecule has 0 spiro atoms. The average Bonchev–Trinajstić information content (AvgIpc) is 3.10. The van der Waals surface area contributed by atoms with Crippen LogP contribution in [-0.2, 0) is 11.3 Å². The molecule has 0 saturated carbocycles. The Kier molecular flexibility index (Phi) is 6.03. The lowest BCUT2D eigenvalue weighted by atomic mass is 10.0. The first-order chi connectivity index (χ1) is 15.9. The predicted octanol–water partition coefficient (Wildman–Crippen LogP) is 4.66. The average molecular weight is 445 g/mol. The lowest BCUT2D eigenvalue weighted by Gasteiger charge is -2.09. The highest BCUT2D eigenvalue weighted by atomic mass is 16.6.